The molecule has 0 radical (unpaired) electrons. The third kappa shape index (κ3) is 5.01. The predicted molar refractivity (Wildman–Crippen MR) is 87.5 cm³/mol. The van der Waals surface area contributed by atoms with Crippen LogP contribution in [-0.4, -0.2) is 36.3 Å². The lowest BCUT2D eigenvalue weighted by Gasteiger charge is -2.35. The number of halogens is 2. The highest BCUT2D eigenvalue weighted by Crippen LogP contribution is 2.21. The standard InChI is InChI=1S/C18H24F2N2O2/c1-12-8-13(2)11-22(10-12)17(23)4-3-7-21-18(24)15-6-5-14(19)9-16(15)20/h5-6,9,12-13H,3-4,7-8,10-11H2,1-2H3,(H,21,24). The van der Waals surface area contributed by atoms with Gasteiger partial charge in [-0.05, 0) is 36.8 Å². The first-order valence-corrected chi connectivity index (χ1v) is 8.38. The minimum atomic E-state index is -0.889. The van der Waals surface area contributed by atoms with E-state index in [2.05, 4.69) is 19.2 Å². The molecule has 6 heteroatoms. The maximum Gasteiger partial charge on any atom is 0.254 e. The summed E-state index contributed by atoms with van der Waals surface area (Å²) in [6.45, 7) is 6.15. The zero-order chi connectivity index (χ0) is 17.7. The van der Waals surface area contributed by atoms with Crippen LogP contribution in [0.3, 0.4) is 0 Å². The third-order valence-electron chi connectivity index (χ3n) is 4.25. The van der Waals surface area contributed by atoms with Gasteiger partial charge in [-0.3, -0.25) is 9.59 Å². The second-order valence-corrected chi connectivity index (χ2v) is 6.73. The van der Waals surface area contributed by atoms with Gasteiger partial charge in [-0.1, -0.05) is 13.8 Å². The zero-order valence-corrected chi connectivity index (χ0v) is 14.1. The van der Waals surface area contributed by atoms with Gasteiger partial charge in [-0.25, -0.2) is 8.78 Å². The topological polar surface area (TPSA) is 49.4 Å². The van der Waals surface area contributed by atoms with Gasteiger partial charge in [-0.2, -0.15) is 0 Å². The number of carbonyl (C=O) groups excluding carboxylic acids is 2. The van der Waals surface area contributed by atoms with Gasteiger partial charge in [0.2, 0.25) is 5.91 Å². The molecule has 132 valence electrons. The minimum absolute atomic E-state index is 0.0932. The van der Waals surface area contributed by atoms with Crippen molar-refractivity contribution in [3.05, 3.63) is 35.4 Å². The number of benzene rings is 1. The van der Waals surface area contributed by atoms with Crippen LogP contribution in [0, 0.1) is 23.5 Å². The van der Waals surface area contributed by atoms with Crippen molar-refractivity contribution in [2.45, 2.75) is 33.1 Å². The fourth-order valence-electron chi connectivity index (χ4n) is 3.24. The van der Waals surface area contributed by atoms with E-state index in [0.717, 1.165) is 31.6 Å². The minimum Gasteiger partial charge on any atom is -0.352 e. The van der Waals surface area contributed by atoms with Crippen molar-refractivity contribution >= 4 is 11.8 Å². The Morgan fingerprint density at radius 3 is 2.50 bits per heavy atom. The number of amides is 2. The van der Waals surface area contributed by atoms with E-state index >= 15 is 0 Å². The van der Waals surface area contributed by atoms with E-state index in [1.165, 1.54) is 0 Å². The van der Waals surface area contributed by atoms with E-state index in [9.17, 15) is 18.4 Å². The smallest absolute Gasteiger partial charge is 0.254 e. The molecule has 1 aromatic rings. The lowest BCUT2D eigenvalue weighted by Crippen LogP contribution is -2.42. The second kappa shape index (κ2) is 8.22. The quantitative estimate of drug-likeness (QED) is 0.839. The highest BCUT2D eigenvalue weighted by Gasteiger charge is 2.24. The Bertz CT molecular complexity index is 597. The van der Waals surface area contributed by atoms with Crippen molar-refractivity contribution in [2.24, 2.45) is 11.8 Å². The molecule has 0 aliphatic carbocycles. The predicted octanol–water partition coefficient (Wildman–Crippen LogP) is 2.98. The Morgan fingerprint density at radius 1 is 1.21 bits per heavy atom. The molecule has 1 heterocycles. The number of nitrogens with one attached hydrogen (secondary N) is 1. The van der Waals surface area contributed by atoms with Gasteiger partial charge >= 0.3 is 0 Å². The molecule has 0 spiro atoms. The average Bonchev–Trinajstić information content (AvgIpc) is 2.50. The first kappa shape index (κ1) is 18.4. The van der Waals surface area contributed by atoms with Crippen LogP contribution in [0.1, 0.15) is 43.5 Å². The van der Waals surface area contributed by atoms with Crippen LogP contribution >= 0.6 is 0 Å². The van der Waals surface area contributed by atoms with Crippen LogP contribution in [0.25, 0.3) is 0 Å². The van der Waals surface area contributed by atoms with E-state index in [0.29, 0.717) is 30.7 Å². The van der Waals surface area contributed by atoms with Crippen LogP contribution in [-0.2, 0) is 4.79 Å². The van der Waals surface area contributed by atoms with Crippen LogP contribution in [0.4, 0.5) is 8.78 Å². The molecule has 0 aromatic heterocycles. The molecule has 4 nitrogen and oxygen atoms in total. The van der Waals surface area contributed by atoms with Crippen molar-refractivity contribution in [1.29, 1.82) is 0 Å². The molecule has 2 amide bonds. The number of rotatable bonds is 5. The number of hydrogen-bond donors (Lipinski definition) is 1. The van der Waals surface area contributed by atoms with Crippen molar-refractivity contribution in [2.75, 3.05) is 19.6 Å². The maximum atomic E-state index is 13.5. The number of piperidine rings is 1. The van der Waals surface area contributed by atoms with Crippen LogP contribution < -0.4 is 5.32 Å². The van der Waals surface area contributed by atoms with Gasteiger partial charge < -0.3 is 10.2 Å². The highest BCUT2D eigenvalue weighted by atomic mass is 19.1. The third-order valence-corrected chi connectivity index (χ3v) is 4.25. The summed E-state index contributed by atoms with van der Waals surface area (Å²) in [6, 6.07) is 2.83. The number of likely N-dealkylation sites (tertiary alicyclic amines) is 1. The molecule has 1 N–H and O–H groups in total. The van der Waals surface area contributed by atoms with Gasteiger partial charge in [0.15, 0.2) is 0 Å². The van der Waals surface area contributed by atoms with Crippen LogP contribution in [0.15, 0.2) is 18.2 Å². The summed E-state index contributed by atoms with van der Waals surface area (Å²) >= 11 is 0. The Hall–Kier alpha value is -1.98. The molecule has 1 aromatic carbocycles. The number of hydrogen-bond acceptors (Lipinski definition) is 2. The molecular formula is C18H24F2N2O2. The summed E-state index contributed by atoms with van der Waals surface area (Å²) in [4.78, 5) is 25.9. The Morgan fingerprint density at radius 2 is 1.88 bits per heavy atom. The molecule has 1 saturated heterocycles. The molecule has 0 saturated carbocycles. The van der Waals surface area contributed by atoms with Gasteiger partial charge in [0.25, 0.3) is 5.91 Å². The number of carbonyl (C=O) groups is 2. The summed E-state index contributed by atoms with van der Waals surface area (Å²) in [7, 11) is 0. The van der Waals surface area contributed by atoms with E-state index in [4.69, 9.17) is 0 Å². The van der Waals surface area contributed by atoms with Gasteiger partial charge in [0, 0.05) is 32.1 Å². The van der Waals surface area contributed by atoms with E-state index in [-0.39, 0.29) is 18.0 Å². The maximum absolute atomic E-state index is 13.5. The first-order chi connectivity index (χ1) is 11.4. The lowest BCUT2D eigenvalue weighted by atomic mass is 9.91. The van der Waals surface area contributed by atoms with Crippen molar-refractivity contribution in [3.8, 4) is 0 Å². The molecule has 1 aliphatic heterocycles. The summed E-state index contributed by atoms with van der Waals surface area (Å²) in [5.74, 6) is -1.09. The summed E-state index contributed by atoms with van der Waals surface area (Å²) in [5.41, 5.74) is -0.193. The van der Waals surface area contributed by atoms with Crippen molar-refractivity contribution in [1.82, 2.24) is 10.2 Å². The number of nitrogens with zero attached hydrogens (tertiary/aromatic N) is 1. The highest BCUT2D eigenvalue weighted by molar-refractivity contribution is 5.94. The molecule has 1 fully saturated rings. The van der Waals surface area contributed by atoms with Crippen LogP contribution in [0.2, 0.25) is 0 Å². The molecule has 2 atom stereocenters. The molecule has 0 bridgehead atoms. The SMILES string of the molecule is CC1CC(C)CN(C(=O)CCCNC(=O)c2ccc(F)cc2F)C1. The first-order valence-electron chi connectivity index (χ1n) is 8.38. The Kier molecular flexibility index (Phi) is 6.29. The second-order valence-electron chi connectivity index (χ2n) is 6.73. The van der Waals surface area contributed by atoms with E-state index in [1.807, 2.05) is 4.90 Å². The fraction of sp³-hybridized carbons (Fsp3) is 0.556. The van der Waals surface area contributed by atoms with Crippen molar-refractivity contribution < 1.29 is 18.4 Å². The lowest BCUT2D eigenvalue weighted by molar-refractivity contribution is -0.133. The van der Waals surface area contributed by atoms with E-state index in [1.54, 1.807) is 0 Å². The summed E-state index contributed by atoms with van der Waals surface area (Å²) < 4.78 is 26.3. The average molecular weight is 338 g/mol. The fourth-order valence-corrected chi connectivity index (χ4v) is 3.24. The molecule has 24 heavy (non-hydrogen) atoms. The van der Waals surface area contributed by atoms with Gasteiger partial charge in [-0.15, -0.1) is 0 Å². The molecule has 1 aliphatic rings. The molecule has 2 unspecified atom stereocenters. The van der Waals surface area contributed by atoms with Crippen LogP contribution in [0.5, 0.6) is 0 Å². The molecule has 2 rings (SSSR count). The Balaban J connectivity index is 1.74. The van der Waals surface area contributed by atoms with Gasteiger partial charge in [0.05, 0.1) is 5.56 Å². The monoisotopic (exact) mass is 338 g/mol. The zero-order valence-electron chi connectivity index (χ0n) is 14.1. The molecular weight excluding hydrogens is 314 g/mol. The normalized spacial score (nSPS) is 20.8. The summed E-state index contributed by atoms with van der Waals surface area (Å²) in [6.07, 6.45) is 1.99. The Labute approximate surface area is 141 Å². The van der Waals surface area contributed by atoms with Crippen molar-refractivity contribution in [3.63, 3.8) is 0 Å². The van der Waals surface area contributed by atoms with E-state index < -0.39 is 17.5 Å². The largest absolute Gasteiger partial charge is 0.352 e. The summed E-state index contributed by atoms with van der Waals surface area (Å²) in [5, 5.41) is 2.56. The van der Waals surface area contributed by atoms with Gasteiger partial charge in [0.1, 0.15) is 11.6 Å².